The Labute approximate surface area is 135 Å². The molecule has 0 aliphatic carbocycles. The number of pyridine rings is 1. The van der Waals surface area contributed by atoms with Gasteiger partial charge in [-0.1, -0.05) is 18.2 Å². The second-order valence-electron chi connectivity index (χ2n) is 4.65. The van der Waals surface area contributed by atoms with Crippen LogP contribution in [0.5, 0.6) is 0 Å². The summed E-state index contributed by atoms with van der Waals surface area (Å²) in [5, 5.41) is 10.2. The SMILES string of the molecule is Cc1nc(C(=O)O)c(NS(=O)(=O)c2cccc3cccnc23)s1. The number of nitrogens with one attached hydrogen (secondary N) is 1. The van der Waals surface area contributed by atoms with Gasteiger partial charge in [-0.3, -0.25) is 9.71 Å². The maximum absolute atomic E-state index is 12.6. The molecule has 0 saturated heterocycles. The van der Waals surface area contributed by atoms with Crippen molar-refractivity contribution in [2.75, 3.05) is 4.72 Å². The van der Waals surface area contributed by atoms with E-state index in [1.54, 1.807) is 31.2 Å². The number of hydrogen-bond acceptors (Lipinski definition) is 6. The zero-order valence-electron chi connectivity index (χ0n) is 11.8. The molecule has 2 aromatic heterocycles. The smallest absolute Gasteiger partial charge is 0.357 e. The predicted octanol–water partition coefficient (Wildman–Crippen LogP) is 2.50. The van der Waals surface area contributed by atoms with E-state index in [0.29, 0.717) is 15.9 Å². The number of nitrogens with zero attached hydrogens (tertiary/aromatic N) is 2. The number of carboxylic acids is 1. The van der Waals surface area contributed by atoms with Gasteiger partial charge in [0.1, 0.15) is 9.90 Å². The lowest BCUT2D eigenvalue weighted by molar-refractivity contribution is 0.0692. The topological polar surface area (TPSA) is 109 Å². The summed E-state index contributed by atoms with van der Waals surface area (Å²) in [4.78, 5) is 19.1. The highest BCUT2D eigenvalue weighted by atomic mass is 32.2. The first kappa shape index (κ1) is 15.4. The molecular formula is C14H11N3O4S2. The summed E-state index contributed by atoms with van der Waals surface area (Å²) in [5.41, 5.74) is 0.00452. The second-order valence-corrected chi connectivity index (χ2v) is 7.51. The van der Waals surface area contributed by atoms with Gasteiger partial charge in [-0.2, -0.15) is 0 Å². The summed E-state index contributed by atoms with van der Waals surface area (Å²) in [6, 6.07) is 8.24. The van der Waals surface area contributed by atoms with Crippen molar-refractivity contribution >= 4 is 43.2 Å². The van der Waals surface area contributed by atoms with Crippen LogP contribution in [0.25, 0.3) is 10.9 Å². The molecule has 2 heterocycles. The van der Waals surface area contributed by atoms with Crippen LogP contribution in [0.3, 0.4) is 0 Å². The summed E-state index contributed by atoms with van der Waals surface area (Å²) in [5.74, 6) is -1.29. The van der Waals surface area contributed by atoms with Crippen molar-refractivity contribution in [3.05, 3.63) is 47.2 Å². The Hall–Kier alpha value is -2.52. The number of para-hydroxylation sites is 1. The number of thiazole rings is 1. The maximum Gasteiger partial charge on any atom is 0.357 e. The van der Waals surface area contributed by atoms with Gasteiger partial charge in [-0.25, -0.2) is 18.2 Å². The molecule has 0 saturated carbocycles. The van der Waals surface area contributed by atoms with E-state index in [1.165, 1.54) is 12.3 Å². The van der Waals surface area contributed by atoms with Crippen molar-refractivity contribution in [3.63, 3.8) is 0 Å². The highest BCUT2D eigenvalue weighted by Crippen LogP contribution is 2.29. The fourth-order valence-electron chi connectivity index (χ4n) is 2.11. The monoisotopic (exact) mass is 349 g/mol. The number of sulfonamides is 1. The quantitative estimate of drug-likeness (QED) is 0.749. The van der Waals surface area contributed by atoms with Crippen LogP contribution in [-0.2, 0) is 10.0 Å². The average molecular weight is 349 g/mol. The number of anilines is 1. The van der Waals surface area contributed by atoms with E-state index in [0.717, 1.165) is 11.3 Å². The van der Waals surface area contributed by atoms with Crippen molar-refractivity contribution in [3.8, 4) is 0 Å². The standard InChI is InChI=1S/C14H11N3O4S2/c1-8-16-12(14(18)19)13(22-8)17-23(20,21)10-6-2-4-9-5-3-7-15-11(9)10/h2-7,17H,1H3,(H,18,19). The third-order valence-electron chi connectivity index (χ3n) is 3.05. The Kier molecular flexibility index (Phi) is 3.74. The molecule has 0 bridgehead atoms. The number of aryl methyl sites for hydroxylation is 1. The lowest BCUT2D eigenvalue weighted by Crippen LogP contribution is -2.15. The Morgan fingerprint density at radius 2 is 2.00 bits per heavy atom. The van der Waals surface area contributed by atoms with E-state index < -0.39 is 16.0 Å². The minimum Gasteiger partial charge on any atom is -0.476 e. The fourth-order valence-corrected chi connectivity index (χ4v) is 4.40. The Morgan fingerprint density at radius 1 is 1.26 bits per heavy atom. The Balaban J connectivity index is 2.10. The molecule has 0 spiro atoms. The Bertz CT molecular complexity index is 1010. The van der Waals surface area contributed by atoms with Crippen LogP contribution in [0.15, 0.2) is 41.4 Å². The van der Waals surface area contributed by atoms with Crippen molar-refractivity contribution in [2.45, 2.75) is 11.8 Å². The first-order valence-electron chi connectivity index (χ1n) is 6.46. The number of benzene rings is 1. The molecule has 0 aliphatic rings. The third-order valence-corrected chi connectivity index (χ3v) is 5.45. The first-order chi connectivity index (χ1) is 10.9. The van der Waals surface area contributed by atoms with Crippen LogP contribution in [0.2, 0.25) is 0 Å². The number of aromatic nitrogens is 2. The van der Waals surface area contributed by atoms with Crippen LogP contribution in [0.1, 0.15) is 15.5 Å². The van der Waals surface area contributed by atoms with Crippen molar-refractivity contribution in [1.29, 1.82) is 0 Å². The third kappa shape index (κ3) is 2.88. The molecule has 0 aliphatic heterocycles. The molecule has 0 unspecified atom stereocenters. The molecule has 2 N–H and O–H groups in total. The first-order valence-corrected chi connectivity index (χ1v) is 8.76. The molecule has 1 aromatic carbocycles. The summed E-state index contributed by atoms with van der Waals surface area (Å²) < 4.78 is 27.6. The van der Waals surface area contributed by atoms with Gasteiger partial charge in [-0.05, 0) is 19.1 Å². The molecule has 3 aromatic rings. The summed E-state index contributed by atoms with van der Waals surface area (Å²) >= 11 is 0.967. The van der Waals surface area contributed by atoms with Crippen LogP contribution >= 0.6 is 11.3 Å². The van der Waals surface area contributed by atoms with Crippen molar-refractivity contribution < 1.29 is 18.3 Å². The lowest BCUT2D eigenvalue weighted by Gasteiger charge is -2.08. The molecule has 118 valence electrons. The highest BCUT2D eigenvalue weighted by Gasteiger charge is 2.24. The maximum atomic E-state index is 12.6. The largest absolute Gasteiger partial charge is 0.476 e. The lowest BCUT2D eigenvalue weighted by atomic mass is 10.2. The van der Waals surface area contributed by atoms with Gasteiger partial charge in [0.05, 0.1) is 10.5 Å². The fraction of sp³-hybridized carbons (Fsp3) is 0.0714. The van der Waals surface area contributed by atoms with Crippen LogP contribution in [0.4, 0.5) is 5.00 Å². The number of rotatable bonds is 4. The van der Waals surface area contributed by atoms with Gasteiger partial charge in [0, 0.05) is 11.6 Å². The van der Waals surface area contributed by atoms with Gasteiger partial charge >= 0.3 is 5.97 Å². The number of hydrogen-bond donors (Lipinski definition) is 2. The average Bonchev–Trinajstić information content (AvgIpc) is 2.86. The molecule has 9 heteroatoms. The molecule has 23 heavy (non-hydrogen) atoms. The highest BCUT2D eigenvalue weighted by molar-refractivity contribution is 7.93. The van der Waals surface area contributed by atoms with Crippen LogP contribution < -0.4 is 4.72 Å². The summed E-state index contributed by atoms with van der Waals surface area (Å²) in [6.07, 6.45) is 1.50. The zero-order chi connectivity index (χ0) is 16.6. The van der Waals surface area contributed by atoms with Gasteiger partial charge in [0.15, 0.2) is 5.69 Å². The molecule has 3 rings (SSSR count). The Morgan fingerprint density at radius 3 is 2.74 bits per heavy atom. The van der Waals surface area contributed by atoms with Crippen molar-refractivity contribution in [1.82, 2.24) is 9.97 Å². The molecular weight excluding hydrogens is 338 g/mol. The van der Waals surface area contributed by atoms with Crippen LogP contribution in [-0.4, -0.2) is 29.5 Å². The van der Waals surface area contributed by atoms with E-state index in [4.69, 9.17) is 5.11 Å². The molecule has 0 fully saturated rings. The van der Waals surface area contributed by atoms with E-state index in [1.807, 2.05) is 0 Å². The van der Waals surface area contributed by atoms with E-state index in [2.05, 4.69) is 14.7 Å². The van der Waals surface area contributed by atoms with Crippen molar-refractivity contribution in [2.24, 2.45) is 0 Å². The number of carbonyl (C=O) groups is 1. The zero-order valence-corrected chi connectivity index (χ0v) is 13.5. The van der Waals surface area contributed by atoms with E-state index in [-0.39, 0.29) is 15.6 Å². The summed E-state index contributed by atoms with van der Waals surface area (Å²) in [6.45, 7) is 1.61. The number of aromatic carboxylic acids is 1. The molecule has 7 nitrogen and oxygen atoms in total. The van der Waals surface area contributed by atoms with Gasteiger partial charge in [0.2, 0.25) is 0 Å². The van der Waals surface area contributed by atoms with Gasteiger partial charge in [0.25, 0.3) is 10.0 Å². The number of fused-ring (bicyclic) bond motifs is 1. The number of carboxylic acid groups (broad SMARTS) is 1. The van der Waals surface area contributed by atoms with E-state index >= 15 is 0 Å². The molecule has 0 atom stereocenters. The molecule has 0 radical (unpaired) electrons. The minimum atomic E-state index is -3.99. The normalized spacial score (nSPS) is 11.5. The van der Waals surface area contributed by atoms with E-state index in [9.17, 15) is 13.2 Å². The predicted molar refractivity (Wildman–Crippen MR) is 86.4 cm³/mol. The van der Waals surface area contributed by atoms with Gasteiger partial charge < -0.3 is 5.11 Å². The molecule has 0 amide bonds. The second kappa shape index (κ2) is 5.60. The van der Waals surface area contributed by atoms with Gasteiger partial charge in [-0.15, -0.1) is 11.3 Å². The summed E-state index contributed by atoms with van der Waals surface area (Å²) in [7, 11) is -3.99. The minimum absolute atomic E-state index is 0.0157. The van der Waals surface area contributed by atoms with Crippen LogP contribution in [0, 0.1) is 6.92 Å².